The number of aromatic nitrogens is 2. The van der Waals surface area contributed by atoms with E-state index in [1.54, 1.807) is 36.5 Å². The van der Waals surface area contributed by atoms with Gasteiger partial charge in [-0.25, -0.2) is 4.98 Å². The first-order chi connectivity index (χ1) is 15.0. The van der Waals surface area contributed by atoms with E-state index in [1.807, 2.05) is 0 Å². The van der Waals surface area contributed by atoms with E-state index in [0.717, 1.165) is 47.0 Å². The van der Waals surface area contributed by atoms with E-state index < -0.39 is 4.92 Å². The topological polar surface area (TPSA) is 102 Å². The van der Waals surface area contributed by atoms with Gasteiger partial charge in [-0.2, -0.15) is 0 Å². The largest absolute Gasteiger partial charge is 0.453 e. The fraction of sp³-hybridized carbons (Fsp3) is 0.304. The molecule has 0 saturated heterocycles. The van der Waals surface area contributed by atoms with E-state index in [4.69, 9.17) is 9.40 Å². The quantitative estimate of drug-likeness (QED) is 0.324. The summed E-state index contributed by atoms with van der Waals surface area (Å²) in [4.78, 5) is 33.2. The molecular weight excluding hydrogens is 414 g/mol. The summed E-state index contributed by atoms with van der Waals surface area (Å²) in [5.41, 5.74) is 2.59. The molecule has 4 aromatic rings. The number of H-pyrrole nitrogens is 1. The summed E-state index contributed by atoms with van der Waals surface area (Å²) < 4.78 is 5.99. The van der Waals surface area contributed by atoms with Crippen LogP contribution in [0.4, 0.5) is 5.69 Å². The van der Waals surface area contributed by atoms with Crippen molar-refractivity contribution in [1.29, 1.82) is 0 Å². The number of rotatable bonds is 3. The second kappa shape index (κ2) is 7.77. The number of hydrogen-bond donors (Lipinski definition) is 1. The SMILES string of the molecule is Cc1cc([N+](=O)[O-])ccc1-c1ccc(-c2nc3sc4c(c3c(=O)[nH]2)CCCCCC4)o1. The lowest BCUT2D eigenvalue weighted by Crippen LogP contribution is -2.10. The van der Waals surface area contributed by atoms with E-state index in [-0.39, 0.29) is 11.2 Å². The van der Waals surface area contributed by atoms with Crippen molar-refractivity contribution in [2.24, 2.45) is 0 Å². The third-order valence-corrected chi connectivity index (χ3v) is 7.04. The summed E-state index contributed by atoms with van der Waals surface area (Å²) >= 11 is 1.62. The van der Waals surface area contributed by atoms with Gasteiger partial charge in [-0.3, -0.25) is 14.9 Å². The van der Waals surface area contributed by atoms with Crippen LogP contribution < -0.4 is 5.56 Å². The maximum absolute atomic E-state index is 12.9. The van der Waals surface area contributed by atoms with Crippen molar-refractivity contribution in [3.8, 4) is 22.9 Å². The van der Waals surface area contributed by atoms with Gasteiger partial charge in [0.05, 0.1) is 10.3 Å². The summed E-state index contributed by atoms with van der Waals surface area (Å²) in [7, 11) is 0. The predicted molar refractivity (Wildman–Crippen MR) is 121 cm³/mol. The normalized spacial score (nSPS) is 14.2. The highest BCUT2D eigenvalue weighted by Gasteiger charge is 2.20. The lowest BCUT2D eigenvalue weighted by molar-refractivity contribution is -0.384. The van der Waals surface area contributed by atoms with Crippen molar-refractivity contribution in [1.82, 2.24) is 9.97 Å². The molecular formula is C23H21N3O4S. The Hall–Kier alpha value is -3.26. The third-order valence-electron chi connectivity index (χ3n) is 5.85. The van der Waals surface area contributed by atoms with Crippen LogP contribution in [0.2, 0.25) is 0 Å². The number of non-ortho nitro benzene ring substituents is 1. The number of hydrogen-bond acceptors (Lipinski definition) is 6. The van der Waals surface area contributed by atoms with E-state index in [1.165, 1.54) is 35.4 Å². The van der Waals surface area contributed by atoms with Crippen LogP contribution in [-0.2, 0) is 12.8 Å². The molecule has 0 amide bonds. The zero-order valence-electron chi connectivity index (χ0n) is 17.1. The van der Waals surface area contributed by atoms with Gasteiger partial charge in [0, 0.05) is 22.6 Å². The standard InChI is InChI=1S/C23H21N3O4S/c1-13-12-14(26(28)29)8-9-15(13)17-10-11-18(30-17)21-24-22(27)20-16-6-4-2-3-5-7-19(16)31-23(20)25-21/h8-12H,2-7H2,1H3,(H,24,25,27). The summed E-state index contributed by atoms with van der Waals surface area (Å²) in [5.74, 6) is 1.44. The number of aromatic amines is 1. The van der Waals surface area contributed by atoms with Gasteiger partial charge in [-0.15, -0.1) is 11.3 Å². The average molecular weight is 436 g/mol. The summed E-state index contributed by atoms with van der Waals surface area (Å²) in [6.07, 6.45) is 6.65. The predicted octanol–water partition coefficient (Wildman–Crippen LogP) is 5.79. The monoisotopic (exact) mass is 435 g/mol. The Balaban J connectivity index is 1.54. The van der Waals surface area contributed by atoms with Crippen molar-refractivity contribution >= 4 is 27.2 Å². The van der Waals surface area contributed by atoms with Gasteiger partial charge in [0.2, 0.25) is 0 Å². The first kappa shape index (κ1) is 19.7. The molecule has 1 N–H and O–H groups in total. The molecule has 0 atom stereocenters. The molecule has 3 heterocycles. The first-order valence-electron chi connectivity index (χ1n) is 10.4. The highest BCUT2D eigenvalue weighted by atomic mass is 32.1. The van der Waals surface area contributed by atoms with Crippen LogP contribution in [0.1, 0.15) is 41.7 Å². The van der Waals surface area contributed by atoms with Gasteiger partial charge >= 0.3 is 0 Å². The van der Waals surface area contributed by atoms with Crippen molar-refractivity contribution in [3.05, 3.63) is 66.8 Å². The minimum absolute atomic E-state index is 0.0396. The molecule has 7 nitrogen and oxygen atoms in total. The summed E-state index contributed by atoms with van der Waals surface area (Å²) in [6, 6.07) is 8.21. The molecule has 0 radical (unpaired) electrons. The number of fused-ring (bicyclic) bond motifs is 3. The molecule has 0 aliphatic heterocycles. The zero-order chi connectivity index (χ0) is 21.5. The van der Waals surface area contributed by atoms with Crippen molar-refractivity contribution in [3.63, 3.8) is 0 Å². The lowest BCUT2D eigenvalue weighted by Gasteiger charge is -2.08. The first-order valence-corrected chi connectivity index (χ1v) is 11.2. The second-order valence-electron chi connectivity index (χ2n) is 7.93. The van der Waals surface area contributed by atoms with Gasteiger partial charge in [-0.1, -0.05) is 12.8 Å². The number of nitro benzene ring substituents is 1. The number of furan rings is 1. The van der Waals surface area contributed by atoms with Gasteiger partial charge in [0.15, 0.2) is 11.6 Å². The maximum atomic E-state index is 12.9. The molecule has 0 bridgehead atoms. The molecule has 0 spiro atoms. The van der Waals surface area contributed by atoms with Gasteiger partial charge < -0.3 is 9.40 Å². The van der Waals surface area contributed by atoms with E-state index in [9.17, 15) is 14.9 Å². The Kier molecular flexibility index (Phi) is 4.94. The molecule has 1 aliphatic carbocycles. The van der Waals surface area contributed by atoms with E-state index >= 15 is 0 Å². The molecule has 1 aromatic carbocycles. The number of thiophene rings is 1. The lowest BCUT2D eigenvalue weighted by atomic mass is 9.98. The third kappa shape index (κ3) is 3.57. The number of aryl methyl sites for hydroxylation is 3. The van der Waals surface area contributed by atoms with Crippen LogP contribution >= 0.6 is 11.3 Å². The number of nitro groups is 1. The number of benzene rings is 1. The molecule has 1 aliphatic rings. The highest BCUT2D eigenvalue weighted by Crippen LogP contribution is 2.34. The maximum Gasteiger partial charge on any atom is 0.269 e. The smallest absolute Gasteiger partial charge is 0.269 e. The van der Waals surface area contributed by atoms with Gasteiger partial charge in [0.25, 0.3) is 11.2 Å². The second-order valence-corrected chi connectivity index (χ2v) is 9.02. The molecule has 31 heavy (non-hydrogen) atoms. The molecule has 158 valence electrons. The number of nitrogens with one attached hydrogen (secondary N) is 1. The zero-order valence-corrected chi connectivity index (χ0v) is 17.9. The molecule has 3 aromatic heterocycles. The fourth-order valence-electron chi connectivity index (χ4n) is 4.28. The van der Waals surface area contributed by atoms with Gasteiger partial charge in [-0.05, 0) is 61.9 Å². The Morgan fingerprint density at radius 3 is 2.65 bits per heavy atom. The highest BCUT2D eigenvalue weighted by molar-refractivity contribution is 7.18. The minimum atomic E-state index is -0.418. The van der Waals surface area contributed by atoms with Gasteiger partial charge in [0.1, 0.15) is 10.6 Å². The Bertz CT molecular complexity index is 1370. The Labute approximate surface area is 181 Å². The van der Waals surface area contributed by atoms with Crippen LogP contribution in [0.5, 0.6) is 0 Å². The summed E-state index contributed by atoms with van der Waals surface area (Å²) in [5, 5.41) is 11.7. The van der Waals surface area contributed by atoms with E-state index in [0.29, 0.717) is 17.3 Å². The van der Waals surface area contributed by atoms with Crippen molar-refractivity contribution in [2.75, 3.05) is 0 Å². The molecule has 0 unspecified atom stereocenters. The van der Waals surface area contributed by atoms with Crippen molar-refractivity contribution < 1.29 is 9.34 Å². The van der Waals surface area contributed by atoms with Crippen LogP contribution in [0.15, 0.2) is 39.5 Å². The molecule has 0 saturated carbocycles. The van der Waals surface area contributed by atoms with Crippen molar-refractivity contribution in [2.45, 2.75) is 45.4 Å². The minimum Gasteiger partial charge on any atom is -0.453 e. The average Bonchev–Trinajstić information content (AvgIpc) is 3.33. The van der Waals surface area contributed by atoms with Crippen LogP contribution in [0, 0.1) is 17.0 Å². The van der Waals surface area contributed by atoms with Crippen LogP contribution in [0.3, 0.4) is 0 Å². The molecule has 5 rings (SSSR count). The fourth-order valence-corrected chi connectivity index (χ4v) is 5.54. The van der Waals surface area contributed by atoms with E-state index in [2.05, 4.69) is 4.98 Å². The molecule has 8 heteroatoms. The van der Waals surface area contributed by atoms with Crippen LogP contribution in [-0.4, -0.2) is 14.9 Å². The summed E-state index contributed by atoms with van der Waals surface area (Å²) in [6.45, 7) is 1.80. The Morgan fingerprint density at radius 1 is 1.10 bits per heavy atom. The number of nitrogens with zero attached hydrogens (tertiary/aromatic N) is 2. The molecule has 0 fully saturated rings. The van der Waals surface area contributed by atoms with Crippen LogP contribution in [0.25, 0.3) is 33.1 Å². The Morgan fingerprint density at radius 2 is 1.87 bits per heavy atom.